The first-order valence-electron chi connectivity index (χ1n) is 6.75. The van der Waals surface area contributed by atoms with Gasteiger partial charge in [0.2, 0.25) is 0 Å². The van der Waals surface area contributed by atoms with Crippen molar-refractivity contribution in [2.24, 2.45) is 0 Å². The van der Waals surface area contributed by atoms with Crippen LogP contribution in [0.15, 0.2) is 30.3 Å². The summed E-state index contributed by atoms with van der Waals surface area (Å²) in [7, 11) is 1.45. The van der Waals surface area contributed by atoms with E-state index in [2.05, 4.69) is 5.32 Å². The molecule has 1 aromatic carbocycles. The molecule has 0 aliphatic carbocycles. The van der Waals surface area contributed by atoms with Crippen molar-refractivity contribution in [2.75, 3.05) is 25.2 Å². The average Bonchev–Trinajstić information content (AvgIpc) is 2.49. The van der Waals surface area contributed by atoms with Crippen molar-refractivity contribution < 1.29 is 9.53 Å². The predicted octanol–water partition coefficient (Wildman–Crippen LogP) is 2.43. The van der Waals surface area contributed by atoms with Gasteiger partial charge in [-0.1, -0.05) is 30.3 Å². The summed E-state index contributed by atoms with van der Waals surface area (Å²) >= 11 is 1.99. The van der Waals surface area contributed by atoms with Gasteiger partial charge in [0.25, 0.3) is 0 Å². The van der Waals surface area contributed by atoms with Crippen molar-refractivity contribution in [3.05, 3.63) is 35.9 Å². The van der Waals surface area contributed by atoms with Crippen LogP contribution in [0.2, 0.25) is 0 Å². The third-order valence-corrected chi connectivity index (χ3v) is 4.67. The third-order valence-electron chi connectivity index (χ3n) is 3.46. The maximum atomic E-state index is 11.9. The van der Waals surface area contributed by atoms with E-state index in [0.29, 0.717) is 12.6 Å². The monoisotopic (exact) mass is 279 g/mol. The van der Waals surface area contributed by atoms with Crippen molar-refractivity contribution >= 4 is 17.7 Å². The van der Waals surface area contributed by atoms with Crippen molar-refractivity contribution in [1.29, 1.82) is 0 Å². The van der Waals surface area contributed by atoms with Crippen molar-refractivity contribution in [3.8, 4) is 0 Å². The summed E-state index contributed by atoms with van der Waals surface area (Å²) in [6.07, 6.45) is 2.46. The van der Waals surface area contributed by atoms with Crippen LogP contribution in [0.25, 0.3) is 0 Å². The number of rotatable bonds is 5. The Morgan fingerprint density at radius 3 is 2.89 bits per heavy atom. The summed E-state index contributed by atoms with van der Waals surface area (Å²) in [5.41, 5.74) is 1.02. The minimum Gasteiger partial charge on any atom is -0.469 e. The summed E-state index contributed by atoms with van der Waals surface area (Å²) in [6, 6.07) is 10.4. The van der Waals surface area contributed by atoms with Crippen molar-refractivity contribution in [3.63, 3.8) is 0 Å². The molecular formula is C15H21NO2S. The van der Waals surface area contributed by atoms with Crippen molar-refractivity contribution in [1.82, 2.24) is 5.32 Å². The second-order valence-corrected chi connectivity index (χ2v) is 5.96. The van der Waals surface area contributed by atoms with Crippen LogP contribution in [-0.4, -0.2) is 37.2 Å². The van der Waals surface area contributed by atoms with Crippen LogP contribution in [-0.2, 0) is 9.53 Å². The van der Waals surface area contributed by atoms with Gasteiger partial charge in [-0.2, -0.15) is 11.8 Å². The zero-order valence-electron chi connectivity index (χ0n) is 11.3. The number of ether oxygens (including phenoxy) is 1. The molecule has 1 fully saturated rings. The highest BCUT2D eigenvalue weighted by Crippen LogP contribution is 2.20. The molecule has 0 spiro atoms. The van der Waals surface area contributed by atoms with Crippen LogP contribution in [0.4, 0.5) is 0 Å². The fourth-order valence-corrected chi connectivity index (χ4v) is 3.46. The molecule has 1 aromatic rings. The standard InChI is InChI=1S/C15H21NO2S/c1-18-15(17)14(12-6-3-2-4-7-12)10-16-13-8-5-9-19-11-13/h2-4,6-7,13-14,16H,5,8-11H2,1H3. The van der Waals surface area contributed by atoms with Crippen LogP contribution < -0.4 is 5.32 Å². The zero-order chi connectivity index (χ0) is 13.5. The van der Waals surface area contributed by atoms with Gasteiger partial charge in [-0.3, -0.25) is 4.79 Å². The highest BCUT2D eigenvalue weighted by atomic mass is 32.2. The molecule has 1 heterocycles. The number of carbonyl (C=O) groups excluding carboxylic acids is 1. The van der Waals surface area contributed by atoms with Crippen LogP contribution in [0, 0.1) is 0 Å². The predicted molar refractivity (Wildman–Crippen MR) is 79.5 cm³/mol. The molecule has 2 unspecified atom stereocenters. The highest BCUT2D eigenvalue weighted by molar-refractivity contribution is 7.99. The normalized spacial score (nSPS) is 20.8. The Kier molecular flexibility index (Phi) is 5.73. The molecule has 104 valence electrons. The minimum absolute atomic E-state index is 0.165. The van der Waals surface area contributed by atoms with E-state index >= 15 is 0 Å². The van der Waals surface area contributed by atoms with Crippen LogP contribution >= 0.6 is 11.8 Å². The Bertz CT molecular complexity index is 390. The number of esters is 1. The Hall–Kier alpha value is -1.00. The molecule has 1 aliphatic heterocycles. The van der Waals surface area contributed by atoms with Crippen LogP contribution in [0.5, 0.6) is 0 Å². The molecule has 1 N–H and O–H groups in total. The zero-order valence-corrected chi connectivity index (χ0v) is 12.1. The first-order valence-corrected chi connectivity index (χ1v) is 7.90. The molecule has 0 aromatic heterocycles. The molecule has 0 radical (unpaired) electrons. The number of methoxy groups -OCH3 is 1. The quantitative estimate of drug-likeness (QED) is 0.840. The fraction of sp³-hybridized carbons (Fsp3) is 0.533. The van der Waals surface area contributed by atoms with E-state index in [1.165, 1.54) is 25.7 Å². The summed E-state index contributed by atoms with van der Waals surface area (Å²) < 4.78 is 4.92. The number of nitrogens with one attached hydrogen (secondary N) is 1. The third kappa shape index (κ3) is 4.25. The van der Waals surface area contributed by atoms with Gasteiger partial charge in [0.15, 0.2) is 0 Å². The molecule has 1 saturated heterocycles. The van der Waals surface area contributed by atoms with E-state index in [1.807, 2.05) is 42.1 Å². The van der Waals surface area contributed by atoms with Gasteiger partial charge < -0.3 is 10.1 Å². The van der Waals surface area contributed by atoms with Gasteiger partial charge in [0.05, 0.1) is 13.0 Å². The lowest BCUT2D eigenvalue weighted by atomic mass is 9.98. The van der Waals surface area contributed by atoms with Crippen LogP contribution in [0.1, 0.15) is 24.3 Å². The summed E-state index contributed by atoms with van der Waals surface area (Å²) in [5, 5.41) is 3.51. The molecule has 1 aliphatic rings. The molecule has 2 rings (SSSR count). The van der Waals surface area contributed by atoms with Crippen LogP contribution in [0.3, 0.4) is 0 Å². The summed E-state index contributed by atoms with van der Waals surface area (Å²) in [4.78, 5) is 11.9. The molecule has 0 saturated carbocycles. The molecule has 0 amide bonds. The minimum atomic E-state index is -0.210. The lowest BCUT2D eigenvalue weighted by Gasteiger charge is -2.25. The first kappa shape index (κ1) is 14.4. The molecule has 4 heteroatoms. The van der Waals surface area contributed by atoms with E-state index in [1.54, 1.807) is 0 Å². The van der Waals surface area contributed by atoms with Gasteiger partial charge in [0, 0.05) is 18.3 Å². The second-order valence-electron chi connectivity index (χ2n) is 4.81. The number of benzene rings is 1. The Labute approximate surface area is 119 Å². The van der Waals surface area contributed by atoms with E-state index in [0.717, 1.165) is 11.3 Å². The largest absolute Gasteiger partial charge is 0.469 e. The van der Waals surface area contributed by atoms with E-state index in [9.17, 15) is 4.79 Å². The van der Waals surface area contributed by atoms with Gasteiger partial charge in [0.1, 0.15) is 0 Å². The second kappa shape index (κ2) is 7.56. The van der Waals surface area contributed by atoms with Gasteiger partial charge in [-0.15, -0.1) is 0 Å². The maximum absolute atomic E-state index is 11.9. The molecule has 3 nitrogen and oxygen atoms in total. The average molecular weight is 279 g/mol. The lowest BCUT2D eigenvalue weighted by molar-refractivity contribution is -0.142. The van der Waals surface area contributed by atoms with Gasteiger partial charge in [-0.05, 0) is 24.2 Å². The van der Waals surface area contributed by atoms with E-state index in [-0.39, 0.29) is 11.9 Å². The SMILES string of the molecule is COC(=O)C(CNC1CCCSC1)c1ccccc1. The molecular weight excluding hydrogens is 258 g/mol. The Morgan fingerprint density at radius 1 is 1.47 bits per heavy atom. The highest BCUT2D eigenvalue weighted by Gasteiger charge is 2.23. The van der Waals surface area contributed by atoms with E-state index < -0.39 is 0 Å². The Balaban J connectivity index is 1.96. The van der Waals surface area contributed by atoms with Gasteiger partial charge in [-0.25, -0.2) is 0 Å². The number of carbonyl (C=O) groups is 1. The molecule has 19 heavy (non-hydrogen) atoms. The smallest absolute Gasteiger partial charge is 0.314 e. The molecule has 2 atom stereocenters. The number of hydrogen-bond donors (Lipinski definition) is 1. The topological polar surface area (TPSA) is 38.3 Å². The Morgan fingerprint density at radius 2 is 2.26 bits per heavy atom. The lowest BCUT2D eigenvalue weighted by Crippen LogP contribution is -2.38. The maximum Gasteiger partial charge on any atom is 0.314 e. The van der Waals surface area contributed by atoms with Crippen molar-refractivity contribution in [2.45, 2.75) is 24.8 Å². The van der Waals surface area contributed by atoms with Gasteiger partial charge >= 0.3 is 5.97 Å². The first-order chi connectivity index (χ1) is 9.31. The fourth-order valence-electron chi connectivity index (χ4n) is 2.35. The number of thioether (sulfide) groups is 1. The summed E-state index contributed by atoms with van der Waals surface area (Å²) in [6.45, 7) is 0.655. The van der Waals surface area contributed by atoms with E-state index in [4.69, 9.17) is 4.74 Å². The molecule has 0 bridgehead atoms. The number of hydrogen-bond acceptors (Lipinski definition) is 4. The summed E-state index contributed by atoms with van der Waals surface area (Å²) in [5.74, 6) is 2.03.